The van der Waals surface area contributed by atoms with Crippen LogP contribution in [0.1, 0.15) is 5.56 Å². The molecule has 5 heteroatoms. The number of benzene rings is 1. The molecule has 2 aromatic rings. The van der Waals surface area contributed by atoms with Gasteiger partial charge in [0.1, 0.15) is 0 Å². The topological polar surface area (TPSA) is 60.9 Å². The quantitative estimate of drug-likeness (QED) is 0.741. The number of para-hydroxylation sites is 1. The predicted octanol–water partition coefficient (Wildman–Crippen LogP) is 1.27. The van der Waals surface area contributed by atoms with Gasteiger partial charge in [-0.15, -0.1) is 0 Å². The highest BCUT2D eigenvalue weighted by Crippen LogP contribution is 2.14. The van der Waals surface area contributed by atoms with Crippen molar-refractivity contribution in [1.29, 1.82) is 0 Å². The number of aromatic nitrogens is 2. The van der Waals surface area contributed by atoms with E-state index in [1.54, 1.807) is 6.07 Å². The minimum absolute atomic E-state index is 0.0363. The summed E-state index contributed by atoms with van der Waals surface area (Å²) in [6.45, 7) is 1.92. The Labute approximate surface area is 91.3 Å². The molecule has 1 aromatic heterocycles. The van der Waals surface area contributed by atoms with E-state index in [1.807, 2.05) is 19.1 Å². The molecule has 0 saturated carbocycles. The molecule has 78 valence electrons. The summed E-state index contributed by atoms with van der Waals surface area (Å²) in [5.41, 5.74) is 6.78. The Kier molecular flexibility index (Phi) is 2.46. The number of hydrogen-bond acceptors (Lipinski definition) is 3. The molecule has 0 bridgehead atoms. The lowest BCUT2D eigenvalue weighted by molar-refractivity contribution is 0.693. The average molecular weight is 224 g/mol. The molecular weight excluding hydrogens is 214 g/mol. The fourth-order valence-corrected chi connectivity index (χ4v) is 1.75. The van der Waals surface area contributed by atoms with Crippen molar-refractivity contribution in [3.63, 3.8) is 0 Å². The number of fused-ring (bicyclic) bond motifs is 1. The molecule has 1 heterocycles. The molecule has 4 nitrogen and oxygen atoms in total. The molecule has 2 rings (SSSR count). The van der Waals surface area contributed by atoms with E-state index in [0.29, 0.717) is 10.9 Å². The summed E-state index contributed by atoms with van der Waals surface area (Å²) in [6, 6.07) is 5.42. The van der Waals surface area contributed by atoms with Gasteiger partial charge in [0.15, 0.2) is 0 Å². The molecule has 2 N–H and O–H groups in total. The number of rotatable bonds is 1. The first-order valence-corrected chi connectivity index (χ1v) is 4.88. The van der Waals surface area contributed by atoms with Crippen molar-refractivity contribution < 1.29 is 0 Å². The van der Waals surface area contributed by atoms with E-state index in [0.717, 1.165) is 5.56 Å². The molecule has 0 unspecified atom stereocenters. The summed E-state index contributed by atoms with van der Waals surface area (Å²) in [7, 11) is 0. The second kappa shape index (κ2) is 3.64. The van der Waals surface area contributed by atoms with E-state index in [1.165, 1.54) is 4.57 Å². The zero-order valence-corrected chi connectivity index (χ0v) is 8.95. The van der Waals surface area contributed by atoms with Crippen LogP contribution in [0.15, 0.2) is 23.0 Å². The van der Waals surface area contributed by atoms with Crippen LogP contribution >= 0.6 is 11.6 Å². The van der Waals surface area contributed by atoms with Crippen LogP contribution in [0.5, 0.6) is 0 Å². The second-order valence-corrected chi connectivity index (χ2v) is 3.61. The van der Waals surface area contributed by atoms with Gasteiger partial charge in [0, 0.05) is 0 Å². The maximum Gasteiger partial charge on any atom is 0.263 e. The molecule has 0 aliphatic rings. The third kappa shape index (κ3) is 1.52. The van der Waals surface area contributed by atoms with Crippen LogP contribution in [-0.4, -0.2) is 9.55 Å². The third-order valence-electron chi connectivity index (χ3n) is 2.32. The fourth-order valence-electron chi connectivity index (χ4n) is 1.52. The molecule has 1 aromatic carbocycles. The molecule has 0 saturated heterocycles. The first kappa shape index (κ1) is 10.1. The summed E-state index contributed by atoms with van der Waals surface area (Å²) in [6.07, 6.45) is 0. The van der Waals surface area contributed by atoms with Gasteiger partial charge in [-0.3, -0.25) is 9.36 Å². The van der Waals surface area contributed by atoms with Crippen molar-refractivity contribution in [2.75, 3.05) is 0 Å². The van der Waals surface area contributed by atoms with Crippen molar-refractivity contribution in [3.8, 4) is 0 Å². The van der Waals surface area contributed by atoms with Crippen molar-refractivity contribution in [2.45, 2.75) is 13.6 Å². The van der Waals surface area contributed by atoms with Gasteiger partial charge in [-0.1, -0.05) is 12.1 Å². The Morgan fingerprint density at radius 3 is 2.93 bits per heavy atom. The lowest BCUT2D eigenvalue weighted by Gasteiger charge is -2.07. The van der Waals surface area contributed by atoms with E-state index >= 15 is 0 Å². The van der Waals surface area contributed by atoms with Crippen molar-refractivity contribution in [1.82, 2.24) is 9.55 Å². The lowest BCUT2D eigenvalue weighted by Crippen LogP contribution is -2.25. The van der Waals surface area contributed by atoms with Crippen LogP contribution in [0, 0.1) is 6.92 Å². The van der Waals surface area contributed by atoms with E-state index in [-0.39, 0.29) is 17.5 Å². The SMILES string of the molecule is Cc1cccc2c(=O)n(CN)c(Cl)nc12. The van der Waals surface area contributed by atoms with Gasteiger partial charge in [-0.05, 0) is 30.2 Å². The summed E-state index contributed by atoms with van der Waals surface area (Å²) in [5, 5.41) is 0.675. The highest BCUT2D eigenvalue weighted by molar-refractivity contribution is 6.28. The van der Waals surface area contributed by atoms with Crippen LogP contribution in [0.2, 0.25) is 5.28 Å². The van der Waals surface area contributed by atoms with Crippen molar-refractivity contribution in [2.24, 2.45) is 5.73 Å². The molecule has 0 amide bonds. The largest absolute Gasteiger partial charge is 0.313 e. The number of nitrogens with two attached hydrogens (primary N) is 1. The maximum atomic E-state index is 11.9. The molecular formula is C10H10ClN3O. The van der Waals surface area contributed by atoms with Gasteiger partial charge in [0.05, 0.1) is 17.6 Å². The van der Waals surface area contributed by atoms with Crippen LogP contribution in [0.3, 0.4) is 0 Å². The van der Waals surface area contributed by atoms with E-state index < -0.39 is 0 Å². The summed E-state index contributed by atoms with van der Waals surface area (Å²) in [4.78, 5) is 16.0. The zero-order chi connectivity index (χ0) is 11.0. The standard InChI is InChI=1S/C10H10ClN3O/c1-6-3-2-4-7-8(6)13-10(11)14(5-12)9(7)15/h2-4H,5,12H2,1H3. The van der Waals surface area contributed by atoms with E-state index in [4.69, 9.17) is 17.3 Å². The van der Waals surface area contributed by atoms with Gasteiger partial charge in [0.25, 0.3) is 5.56 Å². The number of nitrogens with zero attached hydrogens (tertiary/aromatic N) is 2. The minimum Gasteiger partial charge on any atom is -0.313 e. The summed E-state index contributed by atoms with van der Waals surface area (Å²) >= 11 is 5.85. The first-order chi connectivity index (χ1) is 7.15. The predicted molar refractivity (Wildman–Crippen MR) is 59.9 cm³/mol. The lowest BCUT2D eigenvalue weighted by atomic mass is 10.1. The molecule has 15 heavy (non-hydrogen) atoms. The Hall–Kier alpha value is -1.39. The van der Waals surface area contributed by atoms with Crippen LogP contribution in [0.25, 0.3) is 10.9 Å². The van der Waals surface area contributed by atoms with Crippen LogP contribution < -0.4 is 11.3 Å². The molecule has 0 fully saturated rings. The van der Waals surface area contributed by atoms with Gasteiger partial charge in [-0.25, -0.2) is 4.98 Å². The average Bonchev–Trinajstić information content (AvgIpc) is 2.20. The highest BCUT2D eigenvalue weighted by Gasteiger charge is 2.08. The first-order valence-electron chi connectivity index (χ1n) is 4.51. The van der Waals surface area contributed by atoms with Gasteiger partial charge < -0.3 is 5.73 Å². The van der Waals surface area contributed by atoms with Gasteiger partial charge in [0.2, 0.25) is 5.28 Å². The molecule has 0 aliphatic heterocycles. The van der Waals surface area contributed by atoms with Gasteiger partial charge in [-0.2, -0.15) is 0 Å². The monoisotopic (exact) mass is 223 g/mol. The normalized spacial score (nSPS) is 10.9. The molecule has 0 spiro atoms. The number of hydrogen-bond donors (Lipinski definition) is 1. The second-order valence-electron chi connectivity index (χ2n) is 3.27. The Bertz CT molecular complexity index is 577. The van der Waals surface area contributed by atoms with Crippen LogP contribution in [-0.2, 0) is 6.67 Å². The maximum absolute atomic E-state index is 11.9. The van der Waals surface area contributed by atoms with Crippen molar-refractivity contribution in [3.05, 3.63) is 39.4 Å². The van der Waals surface area contributed by atoms with Gasteiger partial charge >= 0.3 is 0 Å². The van der Waals surface area contributed by atoms with Crippen LogP contribution in [0.4, 0.5) is 0 Å². The zero-order valence-electron chi connectivity index (χ0n) is 8.20. The smallest absolute Gasteiger partial charge is 0.263 e. The molecule has 0 atom stereocenters. The Morgan fingerprint density at radius 2 is 2.27 bits per heavy atom. The Morgan fingerprint density at radius 1 is 1.53 bits per heavy atom. The highest BCUT2D eigenvalue weighted by atomic mass is 35.5. The Balaban J connectivity index is 2.98. The van der Waals surface area contributed by atoms with E-state index in [2.05, 4.69) is 4.98 Å². The summed E-state index contributed by atoms with van der Waals surface area (Å²) in [5.74, 6) is 0. The fraction of sp³-hybridized carbons (Fsp3) is 0.200. The number of aryl methyl sites for hydroxylation is 1. The molecule has 0 radical (unpaired) electrons. The number of halogens is 1. The molecule has 0 aliphatic carbocycles. The summed E-state index contributed by atoms with van der Waals surface area (Å²) < 4.78 is 1.24. The third-order valence-corrected chi connectivity index (χ3v) is 2.61. The van der Waals surface area contributed by atoms with Crippen molar-refractivity contribution >= 4 is 22.5 Å². The van der Waals surface area contributed by atoms with E-state index in [9.17, 15) is 4.79 Å². The minimum atomic E-state index is -0.198.